The van der Waals surface area contributed by atoms with Crippen LogP contribution in [0.3, 0.4) is 0 Å². The van der Waals surface area contributed by atoms with Gasteiger partial charge in [-0.2, -0.15) is 5.26 Å². The Bertz CT molecular complexity index is 814. The molecule has 2 saturated heterocycles. The number of ether oxygens (including phenoxy) is 2. The lowest BCUT2D eigenvalue weighted by Gasteiger charge is -2.33. The number of nitrogens with zero attached hydrogens (tertiary/aromatic N) is 4. The van der Waals surface area contributed by atoms with Gasteiger partial charge in [-0.25, -0.2) is 4.98 Å². The zero-order chi connectivity index (χ0) is 18.6. The van der Waals surface area contributed by atoms with E-state index in [1.807, 2.05) is 12.1 Å². The fraction of sp³-hybridized carbons (Fsp3) is 0.400. The Morgan fingerprint density at radius 2 is 1.63 bits per heavy atom. The van der Waals surface area contributed by atoms with Gasteiger partial charge in [0.15, 0.2) is 0 Å². The molecule has 0 amide bonds. The van der Waals surface area contributed by atoms with Crippen LogP contribution in [0.15, 0.2) is 30.3 Å². The summed E-state index contributed by atoms with van der Waals surface area (Å²) in [5.74, 6) is 0.877. The van der Waals surface area contributed by atoms with E-state index in [4.69, 9.17) is 14.5 Å². The van der Waals surface area contributed by atoms with Crippen molar-refractivity contribution in [2.45, 2.75) is 0 Å². The summed E-state index contributed by atoms with van der Waals surface area (Å²) in [4.78, 5) is 9.10. The van der Waals surface area contributed by atoms with Gasteiger partial charge in [0.05, 0.1) is 37.8 Å². The van der Waals surface area contributed by atoms with E-state index in [1.54, 1.807) is 18.2 Å². The van der Waals surface area contributed by atoms with Crippen molar-refractivity contribution in [2.75, 3.05) is 62.4 Å². The molecule has 2 aliphatic rings. The van der Waals surface area contributed by atoms with Gasteiger partial charge in [0.25, 0.3) is 0 Å². The number of aromatic nitrogens is 1. The molecule has 4 rings (SSSR count). The van der Waals surface area contributed by atoms with E-state index in [0.717, 1.165) is 30.0 Å². The van der Waals surface area contributed by atoms with Gasteiger partial charge in [0.2, 0.25) is 0 Å². The first-order valence-electron chi connectivity index (χ1n) is 9.16. The Balaban J connectivity index is 1.85. The molecule has 2 aliphatic heterocycles. The highest BCUT2D eigenvalue weighted by atomic mass is 16.5. The molecule has 2 fully saturated rings. The zero-order valence-corrected chi connectivity index (χ0v) is 15.1. The van der Waals surface area contributed by atoms with Crippen LogP contribution >= 0.6 is 0 Å². The Hall–Kier alpha value is -2.82. The lowest BCUT2D eigenvalue weighted by molar-refractivity contribution is 0.122. The molecule has 0 bridgehead atoms. The first kappa shape index (κ1) is 17.6. The fourth-order valence-electron chi connectivity index (χ4n) is 3.50. The second-order valence-electron chi connectivity index (χ2n) is 6.59. The standard InChI is InChI=1S/C20H22N4O3/c21-14-17-19(23-4-8-26-9-5-23)13-18(15-2-1-3-16(25)12-15)22-20(17)24-6-10-27-11-7-24/h1-3,12-13,25H,4-11H2. The molecular formula is C20H22N4O3. The highest BCUT2D eigenvalue weighted by Gasteiger charge is 2.24. The third kappa shape index (κ3) is 3.68. The average Bonchev–Trinajstić information content (AvgIpc) is 2.74. The summed E-state index contributed by atoms with van der Waals surface area (Å²) in [6.45, 7) is 5.40. The monoisotopic (exact) mass is 366 g/mol. The van der Waals surface area contributed by atoms with Crippen molar-refractivity contribution in [3.05, 3.63) is 35.9 Å². The Morgan fingerprint density at radius 1 is 0.963 bits per heavy atom. The summed E-state index contributed by atoms with van der Waals surface area (Å²) >= 11 is 0. The largest absolute Gasteiger partial charge is 0.508 e. The number of pyridine rings is 1. The minimum atomic E-state index is 0.194. The van der Waals surface area contributed by atoms with E-state index >= 15 is 0 Å². The molecule has 0 atom stereocenters. The quantitative estimate of drug-likeness (QED) is 0.890. The van der Waals surface area contributed by atoms with Crippen molar-refractivity contribution in [1.82, 2.24) is 4.98 Å². The van der Waals surface area contributed by atoms with Crippen molar-refractivity contribution in [2.24, 2.45) is 0 Å². The molecule has 0 unspecified atom stereocenters. The molecule has 7 nitrogen and oxygen atoms in total. The molecule has 0 saturated carbocycles. The Labute approximate surface area is 158 Å². The van der Waals surface area contributed by atoms with Crippen molar-refractivity contribution in [3.63, 3.8) is 0 Å². The van der Waals surface area contributed by atoms with E-state index < -0.39 is 0 Å². The fourth-order valence-corrected chi connectivity index (χ4v) is 3.50. The summed E-state index contributed by atoms with van der Waals surface area (Å²) < 4.78 is 10.9. The van der Waals surface area contributed by atoms with Gasteiger partial charge in [-0.15, -0.1) is 0 Å². The van der Waals surface area contributed by atoms with Gasteiger partial charge in [0.1, 0.15) is 23.2 Å². The molecule has 1 N–H and O–H groups in total. The van der Waals surface area contributed by atoms with Crippen LogP contribution < -0.4 is 9.80 Å². The number of anilines is 2. The van der Waals surface area contributed by atoms with Gasteiger partial charge in [0, 0.05) is 31.7 Å². The maximum atomic E-state index is 9.92. The molecule has 7 heteroatoms. The minimum Gasteiger partial charge on any atom is -0.508 e. The smallest absolute Gasteiger partial charge is 0.149 e. The van der Waals surface area contributed by atoms with Crippen molar-refractivity contribution in [1.29, 1.82) is 5.26 Å². The third-order valence-electron chi connectivity index (χ3n) is 4.90. The summed E-state index contributed by atoms with van der Waals surface area (Å²) in [5, 5.41) is 19.8. The highest BCUT2D eigenvalue weighted by Crippen LogP contribution is 2.34. The van der Waals surface area contributed by atoms with Crippen LogP contribution in [-0.4, -0.2) is 62.7 Å². The van der Waals surface area contributed by atoms with Crippen LogP contribution in [0.2, 0.25) is 0 Å². The highest BCUT2D eigenvalue weighted by molar-refractivity contribution is 5.77. The number of hydrogen-bond donors (Lipinski definition) is 1. The lowest BCUT2D eigenvalue weighted by atomic mass is 10.1. The topological polar surface area (TPSA) is 81.9 Å². The van der Waals surface area contributed by atoms with E-state index in [0.29, 0.717) is 50.9 Å². The van der Waals surface area contributed by atoms with Gasteiger partial charge >= 0.3 is 0 Å². The van der Waals surface area contributed by atoms with Gasteiger partial charge in [-0.1, -0.05) is 12.1 Å². The summed E-state index contributed by atoms with van der Waals surface area (Å²) in [6.07, 6.45) is 0. The summed E-state index contributed by atoms with van der Waals surface area (Å²) in [7, 11) is 0. The zero-order valence-electron chi connectivity index (χ0n) is 15.1. The second kappa shape index (κ2) is 7.82. The van der Waals surface area contributed by atoms with Crippen molar-refractivity contribution < 1.29 is 14.6 Å². The molecule has 1 aromatic carbocycles. The Kier molecular flexibility index (Phi) is 5.10. The molecule has 0 aliphatic carbocycles. The third-order valence-corrected chi connectivity index (χ3v) is 4.90. The predicted molar refractivity (Wildman–Crippen MR) is 102 cm³/mol. The maximum absolute atomic E-state index is 9.92. The number of hydrogen-bond acceptors (Lipinski definition) is 7. The van der Waals surface area contributed by atoms with Crippen LogP contribution in [0.4, 0.5) is 11.5 Å². The molecule has 1 aromatic heterocycles. The number of rotatable bonds is 3. The van der Waals surface area contributed by atoms with Crippen LogP contribution in [0.1, 0.15) is 5.56 Å². The molecule has 140 valence electrons. The molecular weight excluding hydrogens is 344 g/mol. The maximum Gasteiger partial charge on any atom is 0.149 e. The normalized spacial score (nSPS) is 17.6. The molecule has 0 spiro atoms. The molecule has 0 radical (unpaired) electrons. The number of morpholine rings is 2. The van der Waals surface area contributed by atoms with Gasteiger partial charge in [-0.3, -0.25) is 0 Å². The van der Waals surface area contributed by atoms with E-state index in [2.05, 4.69) is 15.9 Å². The predicted octanol–water partition coefficient (Wildman–Crippen LogP) is 2.00. The first-order chi connectivity index (χ1) is 13.3. The van der Waals surface area contributed by atoms with Crippen LogP contribution in [-0.2, 0) is 9.47 Å². The summed E-state index contributed by atoms with van der Waals surface area (Å²) in [5.41, 5.74) is 3.02. The van der Waals surface area contributed by atoms with E-state index in [1.165, 1.54) is 0 Å². The molecule has 27 heavy (non-hydrogen) atoms. The van der Waals surface area contributed by atoms with Crippen LogP contribution in [0.5, 0.6) is 5.75 Å². The van der Waals surface area contributed by atoms with E-state index in [9.17, 15) is 10.4 Å². The number of phenols is 1. The minimum absolute atomic E-state index is 0.194. The van der Waals surface area contributed by atoms with Gasteiger partial charge < -0.3 is 24.4 Å². The number of aromatic hydroxyl groups is 1. The van der Waals surface area contributed by atoms with Crippen LogP contribution in [0, 0.1) is 11.3 Å². The number of phenolic OH excluding ortho intramolecular Hbond substituents is 1. The van der Waals surface area contributed by atoms with Crippen molar-refractivity contribution in [3.8, 4) is 23.1 Å². The average molecular weight is 366 g/mol. The number of benzene rings is 1. The van der Waals surface area contributed by atoms with Gasteiger partial charge in [-0.05, 0) is 18.2 Å². The van der Waals surface area contributed by atoms with Crippen molar-refractivity contribution >= 4 is 11.5 Å². The Morgan fingerprint density at radius 3 is 2.26 bits per heavy atom. The summed E-state index contributed by atoms with van der Waals surface area (Å²) in [6, 6.07) is 11.4. The second-order valence-corrected chi connectivity index (χ2v) is 6.59. The SMILES string of the molecule is N#Cc1c(N2CCOCC2)cc(-c2cccc(O)c2)nc1N1CCOCC1. The first-order valence-corrected chi connectivity index (χ1v) is 9.16. The molecule has 3 heterocycles. The van der Waals surface area contributed by atoms with E-state index in [-0.39, 0.29) is 5.75 Å². The van der Waals surface area contributed by atoms with Crippen LogP contribution in [0.25, 0.3) is 11.3 Å². The lowest BCUT2D eigenvalue weighted by Crippen LogP contribution is -2.39. The number of nitriles is 1. The molecule has 2 aromatic rings.